The van der Waals surface area contributed by atoms with Crippen LogP contribution >= 0.6 is 0 Å². The molecule has 0 aliphatic carbocycles. The third-order valence-corrected chi connectivity index (χ3v) is 1.54. The number of terminal acetylenes is 1. The third kappa shape index (κ3) is 2.08. The molecular weight excluding hydrogens is 155 g/mol. The highest BCUT2D eigenvalue weighted by atomic mass is 19.1. The van der Waals surface area contributed by atoms with E-state index >= 15 is 0 Å². The maximum atomic E-state index is 12.6. The van der Waals surface area contributed by atoms with Crippen LogP contribution in [-0.4, -0.2) is 5.11 Å². The van der Waals surface area contributed by atoms with Gasteiger partial charge in [0.15, 0.2) is 0 Å². The Kier molecular flexibility index (Phi) is 2.84. The minimum Gasteiger partial charge on any atom is -0.387 e. The van der Waals surface area contributed by atoms with Crippen molar-refractivity contribution in [3.63, 3.8) is 0 Å². The summed E-state index contributed by atoms with van der Waals surface area (Å²) in [6.45, 7) is 0. The third-order valence-electron chi connectivity index (χ3n) is 1.54. The summed E-state index contributed by atoms with van der Waals surface area (Å²) in [5, 5.41) is 9.34. The molecule has 1 atom stereocenters. The molecule has 0 aliphatic heterocycles. The summed E-state index contributed by atoms with van der Waals surface area (Å²) < 4.78 is 12.6. The monoisotopic (exact) mass is 164 g/mol. The Morgan fingerprint density at radius 3 is 2.92 bits per heavy atom. The van der Waals surface area contributed by atoms with Crippen LogP contribution in [0.3, 0.4) is 0 Å². The Bertz CT molecular complexity index is 301. The van der Waals surface area contributed by atoms with E-state index in [1.165, 1.54) is 12.1 Å². The van der Waals surface area contributed by atoms with Gasteiger partial charge >= 0.3 is 0 Å². The Hall–Kier alpha value is -1.33. The molecule has 0 aliphatic rings. The van der Waals surface area contributed by atoms with Gasteiger partial charge in [0.05, 0.1) is 6.10 Å². The van der Waals surface area contributed by atoms with Gasteiger partial charge in [-0.25, -0.2) is 4.39 Å². The fraction of sp³-hybridized carbons (Fsp3) is 0.200. The van der Waals surface area contributed by atoms with Crippen LogP contribution in [0.2, 0.25) is 0 Å². The molecule has 12 heavy (non-hydrogen) atoms. The zero-order chi connectivity index (χ0) is 8.97. The highest BCUT2D eigenvalue weighted by Gasteiger charge is 2.05. The van der Waals surface area contributed by atoms with Gasteiger partial charge in [0, 0.05) is 6.42 Å². The van der Waals surface area contributed by atoms with E-state index in [4.69, 9.17) is 6.42 Å². The second-order valence-electron chi connectivity index (χ2n) is 2.48. The van der Waals surface area contributed by atoms with Gasteiger partial charge in [-0.3, -0.25) is 0 Å². The summed E-state index contributed by atoms with van der Waals surface area (Å²) in [6, 6.07) is 5.80. The first-order valence-corrected chi connectivity index (χ1v) is 3.61. The summed E-state index contributed by atoms with van der Waals surface area (Å²) in [5.41, 5.74) is 0.521. The molecule has 2 heteroatoms. The average molecular weight is 164 g/mol. The minimum absolute atomic E-state index is 0.212. The Morgan fingerprint density at radius 1 is 1.58 bits per heavy atom. The second kappa shape index (κ2) is 3.89. The lowest BCUT2D eigenvalue weighted by molar-refractivity contribution is 0.183. The van der Waals surface area contributed by atoms with E-state index in [-0.39, 0.29) is 12.2 Å². The van der Waals surface area contributed by atoms with Crippen LogP contribution in [0.5, 0.6) is 0 Å². The van der Waals surface area contributed by atoms with E-state index in [0.717, 1.165) is 0 Å². The van der Waals surface area contributed by atoms with Crippen molar-refractivity contribution in [2.75, 3.05) is 0 Å². The maximum absolute atomic E-state index is 12.6. The lowest BCUT2D eigenvalue weighted by Gasteiger charge is -2.06. The molecule has 1 N–H and O–H groups in total. The molecule has 1 rings (SSSR count). The van der Waals surface area contributed by atoms with Crippen molar-refractivity contribution in [1.29, 1.82) is 0 Å². The number of hydrogen-bond donors (Lipinski definition) is 1. The molecule has 0 radical (unpaired) electrons. The summed E-state index contributed by atoms with van der Waals surface area (Å²) >= 11 is 0. The lowest BCUT2D eigenvalue weighted by Crippen LogP contribution is -1.95. The van der Waals surface area contributed by atoms with Crippen molar-refractivity contribution in [2.45, 2.75) is 12.5 Å². The minimum atomic E-state index is -0.759. The maximum Gasteiger partial charge on any atom is 0.123 e. The molecule has 1 unspecified atom stereocenters. The molecule has 0 spiro atoms. The first kappa shape index (κ1) is 8.76. The van der Waals surface area contributed by atoms with Crippen LogP contribution < -0.4 is 0 Å². The van der Waals surface area contributed by atoms with Crippen molar-refractivity contribution < 1.29 is 9.50 Å². The van der Waals surface area contributed by atoms with Crippen molar-refractivity contribution in [1.82, 2.24) is 0 Å². The molecule has 1 aromatic rings. The number of aliphatic hydroxyl groups is 1. The van der Waals surface area contributed by atoms with Crippen LogP contribution in [-0.2, 0) is 0 Å². The lowest BCUT2D eigenvalue weighted by atomic mass is 10.1. The summed E-state index contributed by atoms with van der Waals surface area (Å²) in [5.74, 6) is 1.96. The molecule has 1 aromatic carbocycles. The fourth-order valence-corrected chi connectivity index (χ4v) is 0.943. The molecule has 0 bridgehead atoms. The van der Waals surface area contributed by atoms with Gasteiger partial charge in [-0.05, 0) is 17.7 Å². The number of hydrogen-bond acceptors (Lipinski definition) is 1. The van der Waals surface area contributed by atoms with Crippen LogP contribution in [0.1, 0.15) is 18.1 Å². The van der Waals surface area contributed by atoms with Gasteiger partial charge in [-0.2, -0.15) is 0 Å². The smallest absolute Gasteiger partial charge is 0.123 e. The predicted molar refractivity (Wildman–Crippen MR) is 44.8 cm³/mol. The molecule has 62 valence electrons. The highest BCUT2D eigenvalue weighted by molar-refractivity contribution is 5.19. The first-order valence-electron chi connectivity index (χ1n) is 3.61. The number of halogens is 1. The zero-order valence-corrected chi connectivity index (χ0v) is 6.50. The van der Waals surface area contributed by atoms with Gasteiger partial charge in [-0.15, -0.1) is 12.3 Å². The number of aliphatic hydroxyl groups excluding tert-OH is 1. The molecule has 0 amide bonds. The largest absolute Gasteiger partial charge is 0.387 e. The first-order chi connectivity index (χ1) is 5.74. The van der Waals surface area contributed by atoms with E-state index in [2.05, 4.69) is 5.92 Å². The SMILES string of the molecule is C#CCC(O)c1cccc(F)c1. The highest BCUT2D eigenvalue weighted by Crippen LogP contribution is 2.16. The van der Waals surface area contributed by atoms with E-state index < -0.39 is 6.10 Å². The molecule has 0 heterocycles. The summed E-state index contributed by atoms with van der Waals surface area (Å²) in [4.78, 5) is 0. The van der Waals surface area contributed by atoms with Gasteiger partial charge < -0.3 is 5.11 Å². The zero-order valence-electron chi connectivity index (χ0n) is 6.50. The number of benzene rings is 1. The van der Waals surface area contributed by atoms with Crippen molar-refractivity contribution >= 4 is 0 Å². The topological polar surface area (TPSA) is 20.2 Å². The van der Waals surface area contributed by atoms with Gasteiger partial charge in [-0.1, -0.05) is 12.1 Å². The van der Waals surface area contributed by atoms with Crippen molar-refractivity contribution in [3.8, 4) is 12.3 Å². The van der Waals surface area contributed by atoms with Crippen LogP contribution in [0.15, 0.2) is 24.3 Å². The van der Waals surface area contributed by atoms with Gasteiger partial charge in [0.2, 0.25) is 0 Å². The van der Waals surface area contributed by atoms with E-state index in [1.54, 1.807) is 12.1 Å². The van der Waals surface area contributed by atoms with Crippen LogP contribution in [0.4, 0.5) is 4.39 Å². The Morgan fingerprint density at radius 2 is 2.33 bits per heavy atom. The molecule has 0 saturated carbocycles. The van der Waals surface area contributed by atoms with Crippen LogP contribution in [0.25, 0.3) is 0 Å². The van der Waals surface area contributed by atoms with Gasteiger partial charge in [0.1, 0.15) is 5.82 Å². The molecule has 1 nitrogen and oxygen atoms in total. The van der Waals surface area contributed by atoms with E-state index in [9.17, 15) is 9.50 Å². The van der Waals surface area contributed by atoms with Crippen molar-refractivity contribution in [2.24, 2.45) is 0 Å². The summed E-state index contributed by atoms with van der Waals surface area (Å²) in [6.07, 6.45) is 4.45. The molecular formula is C10H9FO. The Balaban J connectivity index is 2.82. The second-order valence-corrected chi connectivity index (χ2v) is 2.48. The standard InChI is InChI=1S/C10H9FO/c1-2-4-10(12)8-5-3-6-9(11)7-8/h1,3,5-7,10,12H,4H2. The van der Waals surface area contributed by atoms with E-state index in [0.29, 0.717) is 5.56 Å². The fourth-order valence-electron chi connectivity index (χ4n) is 0.943. The molecule has 0 aromatic heterocycles. The predicted octanol–water partition coefficient (Wildman–Crippen LogP) is 1.88. The molecule has 0 saturated heterocycles. The summed E-state index contributed by atoms with van der Waals surface area (Å²) in [7, 11) is 0. The van der Waals surface area contributed by atoms with Crippen LogP contribution in [0, 0.1) is 18.2 Å². The van der Waals surface area contributed by atoms with Gasteiger partial charge in [0.25, 0.3) is 0 Å². The Labute approximate surface area is 70.9 Å². The quantitative estimate of drug-likeness (QED) is 0.662. The number of rotatable bonds is 2. The van der Waals surface area contributed by atoms with Crippen molar-refractivity contribution in [3.05, 3.63) is 35.6 Å². The molecule has 0 fully saturated rings. The average Bonchev–Trinajstić information content (AvgIpc) is 2.05. The van der Waals surface area contributed by atoms with E-state index in [1.807, 2.05) is 0 Å². The normalized spacial score (nSPS) is 12.1.